The molecule has 0 N–H and O–H groups in total. The summed E-state index contributed by atoms with van der Waals surface area (Å²) in [5, 5.41) is 0. The average molecular weight is 448 g/mol. The van der Waals surface area contributed by atoms with Crippen LogP contribution in [0.4, 0.5) is 22.0 Å². The van der Waals surface area contributed by atoms with Crippen LogP contribution >= 0.6 is 0 Å². The van der Waals surface area contributed by atoms with E-state index in [1.54, 1.807) is 6.92 Å². The first-order chi connectivity index (χ1) is 15.7. The van der Waals surface area contributed by atoms with Gasteiger partial charge in [-0.05, 0) is 72.5 Å². The lowest BCUT2D eigenvalue weighted by molar-refractivity contribution is 0.447. The maximum Gasteiger partial charge on any atom is 0.194 e. The van der Waals surface area contributed by atoms with Gasteiger partial charge in [0.15, 0.2) is 17.5 Å². The van der Waals surface area contributed by atoms with Gasteiger partial charge in [0.05, 0.1) is 5.56 Å². The standard InChI is InChI=1S/C28H17F5/c1-16-3-7-19(8-4-16)20-11-17(2)22(25(30)13-20)9-5-18-6-10-23(24(29)12-18)21-14-26(31)28(33)27(32)15-21/h3-4,6-8,10-15H,1-2H3. The highest BCUT2D eigenvalue weighted by molar-refractivity contribution is 5.68. The molecule has 0 unspecified atom stereocenters. The van der Waals surface area contributed by atoms with Gasteiger partial charge in [-0.3, -0.25) is 0 Å². The van der Waals surface area contributed by atoms with Crippen molar-refractivity contribution in [3.8, 4) is 34.1 Å². The van der Waals surface area contributed by atoms with E-state index < -0.39 is 29.1 Å². The molecular weight excluding hydrogens is 431 g/mol. The maximum atomic E-state index is 14.8. The van der Waals surface area contributed by atoms with Crippen LogP contribution in [0.15, 0.2) is 66.7 Å². The Kier molecular flexibility index (Phi) is 6.02. The molecule has 0 aromatic heterocycles. The van der Waals surface area contributed by atoms with Gasteiger partial charge >= 0.3 is 0 Å². The number of hydrogen-bond donors (Lipinski definition) is 0. The third kappa shape index (κ3) is 4.65. The predicted octanol–water partition coefficient (Wildman–Crippen LogP) is 7.73. The molecule has 0 nitrogen and oxygen atoms in total. The normalized spacial score (nSPS) is 10.6. The van der Waals surface area contributed by atoms with Gasteiger partial charge in [0.25, 0.3) is 0 Å². The molecule has 5 heteroatoms. The molecule has 0 saturated heterocycles. The van der Waals surface area contributed by atoms with E-state index in [4.69, 9.17) is 0 Å². The molecule has 0 radical (unpaired) electrons. The highest BCUT2D eigenvalue weighted by Gasteiger charge is 2.14. The van der Waals surface area contributed by atoms with E-state index in [1.165, 1.54) is 18.2 Å². The van der Waals surface area contributed by atoms with E-state index in [2.05, 4.69) is 11.8 Å². The Labute approximate surface area is 188 Å². The summed E-state index contributed by atoms with van der Waals surface area (Å²) in [5.41, 5.74) is 3.54. The Hall–Kier alpha value is -3.91. The summed E-state index contributed by atoms with van der Waals surface area (Å²) in [6.45, 7) is 3.71. The largest absolute Gasteiger partial charge is 0.206 e. The van der Waals surface area contributed by atoms with Gasteiger partial charge in [0, 0.05) is 11.1 Å². The van der Waals surface area contributed by atoms with Crippen molar-refractivity contribution in [1.29, 1.82) is 0 Å². The van der Waals surface area contributed by atoms with Gasteiger partial charge < -0.3 is 0 Å². The molecule has 0 aliphatic rings. The molecule has 33 heavy (non-hydrogen) atoms. The molecule has 0 spiro atoms. The molecule has 0 saturated carbocycles. The SMILES string of the molecule is Cc1ccc(-c2cc(C)c(C#Cc3ccc(-c4cc(F)c(F)c(F)c4)c(F)c3)c(F)c2)cc1. The van der Waals surface area contributed by atoms with E-state index in [9.17, 15) is 22.0 Å². The zero-order valence-electron chi connectivity index (χ0n) is 17.7. The summed E-state index contributed by atoms with van der Waals surface area (Å²) in [6.07, 6.45) is 0. The molecule has 164 valence electrons. The minimum Gasteiger partial charge on any atom is -0.206 e. The van der Waals surface area contributed by atoms with Crippen LogP contribution in [0, 0.1) is 54.8 Å². The molecule has 4 aromatic rings. The summed E-state index contributed by atoms with van der Waals surface area (Å²) >= 11 is 0. The Balaban J connectivity index is 1.65. The average Bonchev–Trinajstić information content (AvgIpc) is 2.77. The van der Waals surface area contributed by atoms with E-state index in [1.807, 2.05) is 37.3 Å². The zero-order valence-corrected chi connectivity index (χ0v) is 17.7. The summed E-state index contributed by atoms with van der Waals surface area (Å²) in [6, 6.07) is 16.2. The monoisotopic (exact) mass is 448 g/mol. The minimum absolute atomic E-state index is 0.108. The van der Waals surface area contributed by atoms with Crippen molar-refractivity contribution in [2.75, 3.05) is 0 Å². The lowest BCUT2D eigenvalue weighted by Crippen LogP contribution is -1.94. The van der Waals surface area contributed by atoms with Crippen LogP contribution in [-0.4, -0.2) is 0 Å². The summed E-state index contributed by atoms with van der Waals surface area (Å²) in [4.78, 5) is 0. The van der Waals surface area contributed by atoms with Crippen molar-refractivity contribution in [3.05, 3.63) is 118 Å². The summed E-state index contributed by atoms with van der Waals surface area (Å²) in [7, 11) is 0. The predicted molar refractivity (Wildman–Crippen MR) is 119 cm³/mol. The van der Waals surface area contributed by atoms with Crippen molar-refractivity contribution < 1.29 is 22.0 Å². The molecule has 4 aromatic carbocycles. The fraction of sp³-hybridized carbons (Fsp3) is 0.0714. The zero-order chi connectivity index (χ0) is 23.7. The molecule has 0 bridgehead atoms. The van der Waals surface area contributed by atoms with Crippen molar-refractivity contribution in [3.63, 3.8) is 0 Å². The van der Waals surface area contributed by atoms with Crippen LogP contribution < -0.4 is 0 Å². The smallest absolute Gasteiger partial charge is 0.194 e. The molecule has 0 atom stereocenters. The number of aryl methyl sites for hydroxylation is 2. The van der Waals surface area contributed by atoms with Crippen molar-refractivity contribution >= 4 is 0 Å². The van der Waals surface area contributed by atoms with Gasteiger partial charge in [0.1, 0.15) is 11.6 Å². The second-order valence-electron chi connectivity index (χ2n) is 7.71. The van der Waals surface area contributed by atoms with Gasteiger partial charge in [-0.2, -0.15) is 0 Å². The molecule has 4 rings (SSSR count). The highest BCUT2D eigenvalue weighted by Crippen LogP contribution is 2.28. The molecule has 0 aliphatic heterocycles. The Morgan fingerprint density at radius 2 is 1.18 bits per heavy atom. The van der Waals surface area contributed by atoms with Crippen LogP contribution in [0.5, 0.6) is 0 Å². The van der Waals surface area contributed by atoms with Crippen LogP contribution in [0.1, 0.15) is 22.3 Å². The lowest BCUT2D eigenvalue weighted by Gasteiger charge is -2.07. The van der Waals surface area contributed by atoms with Crippen molar-refractivity contribution in [2.24, 2.45) is 0 Å². The molecule has 0 amide bonds. The Bertz CT molecular complexity index is 1380. The number of hydrogen-bond acceptors (Lipinski definition) is 0. The first kappa shape index (κ1) is 22.3. The highest BCUT2D eigenvalue weighted by atomic mass is 19.2. The van der Waals surface area contributed by atoms with E-state index in [0.717, 1.165) is 34.9 Å². The minimum atomic E-state index is -1.62. The van der Waals surface area contributed by atoms with E-state index >= 15 is 0 Å². The fourth-order valence-corrected chi connectivity index (χ4v) is 3.49. The van der Waals surface area contributed by atoms with E-state index in [0.29, 0.717) is 5.56 Å². The lowest BCUT2D eigenvalue weighted by atomic mass is 9.98. The van der Waals surface area contributed by atoms with Gasteiger partial charge in [-0.25, -0.2) is 22.0 Å². The second-order valence-corrected chi connectivity index (χ2v) is 7.71. The molecule has 0 fully saturated rings. The molecule has 0 heterocycles. The number of halogens is 5. The van der Waals surface area contributed by atoms with Crippen molar-refractivity contribution in [2.45, 2.75) is 13.8 Å². The van der Waals surface area contributed by atoms with Crippen LogP contribution in [0.2, 0.25) is 0 Å². The van der Waals surface area contributed by atoms with Gasteiger partial charge in [-0.15, -0.1) is 0 Å². The molecule has 0 aliphatic carbocycles. The van der Waals surface area contributed by atoms with Crippen LogP contribution in [0.3, 0.4) is 0 Å². The number of benzene rings is 4. The first-order valence-electron chi connectivity index (χ1n) is 10.1. The van der Waals surface area contributed by atoms with Gasteiger partial charge in [0.2, 0.25) is 0 Å². The summed E-state index contributed by atoms with van der Waals surface area (Å²) < 4.78 is 69.5. The van der Waals surface area contributed by atoms with Gasteiger partial charge in [-0.1, -0.05) is 47.7 Å². The number of rotatable bonds is 2. The third-order valence-electron chi connectivity index (χ3n) is 5.27. The Morgan fingerprint density at radius 1 is 0.545 bits per heavy atom. The molecular formula is C28H17F5. The van der Waals surface area contributed by atoms with Crippen LogP contribution in [0.25, 0.3) is 22.3 Å². The maximum absolute atomic E-state index is 14.8. The van der Waals surface area contributed by atoms with Crippen LogP contribution in [-0.2, 0) is 0 Å². The first-order valence-corrected chi connectivity index (χ1v) is 10.1. The topological polar surface area (TPSA) is 0 Å². The quantitative estimate of drug-likeness (QED) is 0.167. The Morgan fingerprint density at radius 3 is 1.79 bits per heavy atom. The summed E-state index contributed by atoms with van der Waals surface area (Å²) in [5.74, 6) is -0.263. The van der Waals surface area contributed by atoms with E-state index in [-0.39, 0.29) is 22.3 Å². The van der Waals surface area contributed by atoms with Crippen molar-refractivity contribution in [1.82, 2.24) is 0 Å². The second kappa shape index (κ2) is 8.91. The third-order valence-corrected chi connectivity index (χ3v) is 5.27. The fourth-order valence-electron chi connectivity index (χ4n) is 3.49.